The van der Waals surface area contributed by atoms with Crippen LogP contribution in [0.25, 0.3) is 0 Å². The molecule has 3 nitrogen and oxygen atoms in total. The van der Waals surface area contributed by atoms with Crippen molar-refractivity contribution in [3.8, 4) is 0 Å². The molecule has 0 aliphatic heterocycles. The maximum absolute atomic E-state index is 4.26. The van der Waals surface area contributed by atoms with Gasteiger partial charge in [-0.1, -0.05) is 26.2 Å². The van der Waals surface area contributed by atoms with E-state index >= 15 is 0 Å². The monoisotopic (exact) mass is 235 g/mol. The quantitative estimate of drug-likeness (QED) is 0.813. The highest BCUT2D eigenvalue weighted by Crippen LogP contribution is 2.26. The summed E-state index contributed by atoms with van der Waals surface area (Å²) in [6.07, 6.45) is 12.3. The predicted molar refractivity (Wildman–Crippen MR) is 71.0 cm³/mol. The molecular weight excluding hydrogens is 210 g/mol. The Hall–Kier alpha value is -0.830. The molecule has 1 heterocycles. The van der Waals surface area contributed by atoms with Crippen LogP contribution in [0, 0.1) is 5.92 Å². The summed E-state index contributed by atoms with van der Waals surface area (Å²) in [6, 6.07) is 0.740. The van der Waals surface area contributed by atoms with Crippen LogP contribution in [0.2, 0.25) is 0 Å². The van der Waals surface area contributed by atoms with Gasteiger partial charge in [0.1, 0.15) is 0 Å². The van der Waals surface area contributed by atoms with E-state index in [1.165, 1.54) is 44.1 Å². The Morgan fingerprint density at radius 2 is 2.24 bits per heavy atom. The fourth-order valence-electron chi connectivity index (χ4n) is 3.03. The van der Waals surface area contributed by atoms with Crippen molar-refractivity contribution in [2.75, 3.05) is 6.54 Å². The summed E-state index contributed by atoms with van der Waals surface area (Å²) >= 11 is 0. The predicted octanol–water partition coefficient (Wildman–Crippen LogP) is 2.52. The third kappa shape index (κ3) is 3.84. The minimum Gasteiger partial charge on any atom is -0.314 e. The van der Waals surface area contributed by atoms with E-state index in [1.54, 1.807) is 0 Å². The molecule has 0 radical (unpaired) electrons. The van der Waals surface area contributed by atoms with Gasteiger partial charge in [0.05, 0.1) is 6.20 Å². The molecule has 2 unspecified atom stereocenters. The molecule has 3 heteroatoms. The van der Waals surface area contributed by atoms with Gasteiger partial charge in [-0.3, -0.25) is 4.68 Å². The van der Waals surface area contributed by atoms with Gasteiger partial charge in [-0.25, -0.2) is 0 Å². The molecule has 0 spiro atoms. The Morgan fingerprint density at radius 3 is 2.94 bits per heavy atom. The lowest BCUT2D eigenvalue weighted by Crippen LogP contribution is -2.30. The molecule has 2 atom stereocenters. The first kappa shape index (κ1) is 12.6. The summed E-state index contributed by atoms with van der Waals surface area (Å²) in [5, 5.41) is 7.89. The molecule has 1 aliphatic rings. The number of hydrogen-bond donors (Lipinski definition) is 1. The summed E-state index contributed by atoms with van der Waals surface area (Å²) in [5.74, 6) is 0.839. The lowest BCUT2D eigenvalue weighted by Gasteiger charge is -2.20. The number of nitrogens with one attached hydrogen (secondary N) is 1. The highest BCUT2D eigenvalue weighted by atomic mass is 15.2. The summed E-state index contributed by atoms with van der Waals surface area (Å²) in [5.41, 5.74) is 1.40. The van der Waals surface area contributed by atoms with Crippen LogP contribution in [0.1, 0.15) is 44.6 Å². The first-order valence-corrected chi connectivity index (χ1v) is 6.99. The van der Waals surface area contributed by atoms with Crippen LogP contribution in [0.15, 0.2) is 12.4 Å². The molecule has 1 aliphatic carbocycles. The third-order valence-electron chi connectivity index (χ3n) is 3.81. The minimum absolute atomic E-state index is 0.740. The van der Waals surface area contributed by atoms with E-state index in [9.17, 15) is 0 Å². The lowest BCUT2D eigenvalue weighted by molar-refractivity contribution is 0.389. The van der Waals surface area contributed by atoms with Crippen LogP contribution >= 0.6 is 0 Å². The largest absolute Gasteiger partial charge is 0.314 e. The topological polar surface area (TPSA) is 29.9 Å². The van der Waals surface area contributed by atoms with Crippen molar-refractivity contribution in [1.82, 2.24) is 15.1 Å². The Labute approximate surface area is 105 Å². The molecule has 1 fully saturated rings. The first-order chi connectivity index (χ1) is 8.28. The second-order valence-electron chi connectivity index (χ2n) is 5.37. The minimum atomic E-state index is 0.740. The van der Waals surface area contributed by atoms with Crippen molar-refractivity contribution >= 4 is 0 Å². The molecule has 2 rings (SSSR count). The average Bonchev–Trinajstić information content (AvgIpc) is 2.58. The molecule has 96 valence electrons. The van der Waals surface area contributed by atoms with E-state index in [-0.39, 0.29) is 0 Å². The van der Waals surface area contributed by atoms with E-state index in [1.807, 2.05) is 17.9 Å². The van der Waals surface area contributed by atoms with E-state index < -0.39 is 0 Å². The van der Waals surface area contributed by atoms with Gasteiger partial charge in [-0.05, 0) is 37.3 Å². The molecule has 1 aromatic rings. The van der Waals surface area contributed by atoms with Crippen molar-refractivity contribution in [2.24, 2.45) is 13.0 Å². The van der Waals surface area contributed by atoms with Crippen LogP contribution in [0.3, 0.4) is 0 Å². The van der Waals surface area contributed by atoms with Crippen molar-refractivity contribution in [3.05, 3.63) is 18.0 Å². The standard InChI is InChI=1S/C14H25N3/c1-3-15-14-7-5-4-6-12(9-14)8-13-10-16-17(2)11-13/h10-12,14-15H,3-9H2,1-2H3. The van der Waals surface area contributed by atoms with Gasteiger partial charge in [-0.2, -0.15) is 5.10 Å². The summed E-state index contributed by atoms with van der Waals surface area (Å²) < 4.78 is 1.91. The Morgan fingerprint density at radius 1 is 1.41 bits per heavy atom. The molecule has 1 aromatic heterocycles. The maximum atomic E-state index is 4.26. The van der Waals surface area contributed by atoms with Crippen LogP contribution in [0.5, 0.6) is 0 Å². The fourth-order valence-corrected chi connectivity index (χ4v) is 3.03. The maximum Gasteiger partial charge on any atom is 0.0521 e. The highest BCUT2D eigenvalue weighted by molar-refractivity contribution is 5.05. The number of aromatic nitrogens is 2. The van der Waals surface area contributed by atoms with Gasteiger partial charge in [0.25, 0.3) is 0 Å². The molecular formula is C14H25N3. The van der Waals surface area contributed by atoms with Gasteiger partial charge in [-0.15, -0.1) is 0 Å². The van der Waals surface area contributed by atoms with Crippen LogP contribution in [-0.2, 0) is 13.5 Å². The zero-order valence-electron chi connectivity index (χ0n) is 11.2. The van der Waals surface area contributed by atoms with Crippen LogP contribution in [0.4, 0.5) is 0 Å². The second-order valence-corrected chi connectivity index (χ2v) is 5.37. The average molecular weight is 235 g/mol. The van der Waals surface area contributed by atoms with Gasteiger partial charge in [0.15, 0.2) is 0 Å². The zero-order valence-corrected chi connectivity index (χ0v) is 11.2. The van der Waals surface area contributed by atoms with Gasteiger partial charge < -0.3 is 5.32 Å². The summed E-state index contributed by atoms with van der Waals surface area (Å²) in [4.78, 5) is 0. The van der Waals surface area contributed by atoms with Crippen molar-refractivity contribution in [2.45, 2.75) is 51.5 Å². The van der Waals surface area contributed by atoms with Crippen LogP contribution in [-0.4, -0.2) is 22.4 Å². The number of nitrogens with zero attached hydrogens (tertiary/aromatic N) is 2. The fraction of sp³-hybridized carbons (Fsp3) is 0.786. The van der Waals surface area contributed by atoms with Crippen molar-refractivity contribution in [1.29, 1.82) is 0 Å². The van der Waals surface area contributed by atoms with E-state index in [0.717, 1.165) is 18.5 Å². The number of aryl methyl sites for hydroxylation is 1. The molecule has 0 bridgehead atoms. The van der Waals surface area contributed by atoms with E-state index in [0.29, 0.717) is 0 Å². The summed E-state index contributed by atoms with van der Waals surface area (Å²) in [6.45, 7) is 3.31. The molecule has 0 saturated heterocycles. The molecule has 1 saturated carbocycles. The van der Waals surface area contributed by atoms with Gasteiger partial charge >= 0.3 is 0 Å². The second kappa shape index (κ2) is 6.20. The smallest absolute Gasteiger partial charge is 0.0521 e. The van der Waals surface area contributed by atoms with Gasteiger partial charge in [0.2, 0.25) is 0 Å². The Bertz CT molecular complexity index is 332. The Balaban J connectivity index is 1.90. The third-order valence-corrected chi connectivity index (χ3v) is 3.81. The lowest BCUT2D eigenvalue weighted by atomic mass is 9.92. The van der Waals surface area contributed by atoms with E-state index in [2.05, 4.69) is 23.5 Å². The molecule has 0 amide bonds. The van der Waals surface area contributed by atoms with Crippen LogP contribution < -0.4 is 5.32 Å². The molecule has 17 heavy (non-hydrogen) atoms. The van der Waals surface area contributed by atoms with E-state index in [4.69, 9.17) is 0 Å². The number of rotatable bonds is 4. The van der Waals surface area contributed by atoms with Crippen molar-refractivity contribution < 1.29 is 0 Å². The molecule has 0 aromatic carbocycles. The van der Waals surface area contributed by atoms with Gasteiger partial charge in [0, 0.05) is 19.3 Å². The van der Waals surface area contributed by atoms with Crippen molar-refractivity contribution in [3.63, 3.8) is 0 Å². The summed E-state index contributed by atoms with van der Waals surface area (Å²) in [7, 11) is 2.00. The zero-order chi connectivity index (χ0) is 12.1. The molecule has 1 N–H and O–H groups in total. The Kier molecular flexibility index (Phi) is 4.60. The first-order valence-electron chi connectivity index (χ1n) is 6.99. The number of hydrogen-bond acceptors (Lipinski definition) is 2. The highest BCUT2D eigenvalue weighted by Gasteiger charge is 2.20. The SMILES string of the molecule is CCNC1CCCCC(Cc2cnn(C)c2)C1. The normalized spacial score (nSPS) is 25.8.